The van der Waals surface area contributed by atoms with E-state index < -0.39 is 11.6 Å². The van der Waals surface area contributed by atoms with Crippen molar-refractivity contribution in [1.29, 1.82) is 0 Å². The van der Waals surface area contributed by atoms with Crippen LogP contribution in [0.1, 0.15) is 6.92 Å². The van der Waals surface area contributed by atoms with Gasteiger partial charge in [-0.2, -0.15) is 0 Å². The van der Waals surface area contributed by atoms with Gasteiger partial charge < -0.3 is 5.73 Å². The Bertz CT molecular complexity index is 380. The quantitative estimate of drug-likeness (QED) is 0.725. The first-order valence-corrected chi connectivity index (χ1v) is 4.01. The minimum absolute atomic E-state index is 0.349. The molecular weight excluding hydrogens is 186 g/mol. The van der Waals surface area contributed by atoms with Gasteiger partial charge in [0.15, 0.2) is 11.6 Å². The van der Waals surface area contributed by atoms with Crippen LogP contribution in [0.4, 0.5) is 14.5 Å². The summed E-state index contributed by atoms with van der Waals surface area (Å²) in [5.74, 6) is -1.79. The van der Waals surface area contributed by atoms with Crippen molar-refractivity contribution in [2.75, 3.05) is 0 Å². The van der Waals surface area contributed by atoms with Crippen LogP contribution in [-0.4, -0.2) is 6.21 Å². The molecule has 4 heteroatoms. The molecule has 14 heavy (non-hydrogen) atoms. The van der Waals surface area contributed by atoms with Gasteiger partial charge in [0.25, 0.3) is 0 Å². The Labute approximate surface area is 80.8 Å². The van der Waals surface area contributed by atoms with Crippen molar-refractivity contribution in [3.05, 3.63) is 41.6 Å². The van der Waals surface area contributed by atoms with Gasteiger partial charge in [0, 0.05) is 18.0 Å². The molecule has 1 aromatic rings. The van der Waals surface area contributed by atoms with E-state index in [0.29, 0.717) is 11.4 Å². The topological polar surface area (TPSA) is 38.4 Å². The average Bonchev–Trinajstić information content (AvgIpc) is 2.10. The Morgan fingerprint density at radius 1 is 1.36 bits per heavy atom. The summed E-state index contributed by atoms with van der Waals surface area (Å²) < 4.78 is 25.2. The number of aliphatic imine (C=N–C) groups is 1. The van der Waals surface area contributed by atoms with Crippen molar-refractivity contribution in [3.8, 4) is 0 Å². The second-order valence-electron chi connectivity index (χ2n) is 2.79. The average molecular weight is 196 g/mol. The zero-order chi connectivity index (χ0) is 10.6. The zero-order valence-electron chi connectivity index (χ0n) is 7.67. The number of halogens is 2. The Hall–Kier alpha value is -1.71. The minimum atomic E-state index is -0.909. The van der Waals surface area contributed by atoms with Crippen molar-refractivity contribution in [2.45, 2.75) is 6.92 Å². The molecule has 2 N–H and O–H groups in total. The summed E-state index contributed by atoms with van der Waals surface area (Å²) in [6.07, 6.45) is 3.00. The normalized spacial score (nSPS) is 12.4. The smallest absolute Gasteiger partial charge is 0.160 e. The fraction of sp³-hybridized carbons (Fsp3) is 0.100. The largest absolute Gasteiger partial charge is 0.402 e. The van der Waals surface area contributed by atoms with Gasteiger partial charge in [0.1, 0.15) is 0 Å². The van der Waals surface area contributed by atoms with Crippen LogP contribution in [0, 0.1) is 11.6 Å². The zero-order valence-corrected chi connectivity index (χ0v) is 7.67. The second kappa shape index (κ2) is 4.50. The molecule has 0 heterocycles. The van der Waals surface area contributed by atoms with E-state index in [1.165, 1.54) is 12.3 Å². The molecule has 0 amide bonds. The molecule has 0 fully saturated rings. The van der Waals surface area contributed by atoms with Crippen LogP contribution in [0.5, 0.6) is 0 Å². The molecule has 2 nitrogen and oxygen atoms in total. The number of hydrogen-bond acceptors (Lipinski definition) is 2. The highest BCUT2D eigenvalue weighted by Gasteiger charge is 1.99. The summed E-state index contributed by atoms with van der Waals surface area (Å²) in [6, 6.07) is 3.43. The lowest BCUT2D eigenvalue weighted by molar-refractivity contribution is 0.509. The fourth-order valence-electron chi connectivity index (χ4n) is 0.806. The van der Waals surface area contributed by atoms with Crippen LogP contribution in [0.3, 0.4) is 0 Å². The predicted molar refractivity (Wildman–Crippen MR) is 52.5 cm³/mol. The Balaban J connectivity index is 2.83. The third kappa shape index (κ3) is 2.97. The van der Waals surface area contributed by atoms with E-state index in [9.17, 15) is 8.78 Å². The number of nitrogens with two attached hydrogens (primary N) is 1. The Kier molecular flexibility index (Phi) is 3.34. The van der Waals surface area contributed by atoms with E-state index in [2.05, 4.69) is 4.99 Å². The molecule has 1 aromatic carbocycles. The van der Waals surface area contributed by atoms with Crippen molar-refractivity contribution < 1.29 is 8.78 Å². The monoisotopic (exact) mass is 196 g/mol. The van der Waals surface area contributed by atoms with Gasteiger partial charge in [-0.1, -0.05) is 0 Å². The molecule has 0 bridgehead atoms. The molecule has 0 aromatic heterocycles. The van der Waals surface area contributed by atoms with Crippen LogP contribution >= 0.6 is 0 Å². The van der Waals surface area contributed by atoms with Crippen LogP contribution in [0.15, 0.2) is 35.0 Å². The standard InChI is InChI=1S/C10H10F2N2/c1-7(13)4-5-14-8-2-3-9(11)10(12)6-8/h2-6H,13H2,1H3. The van der Waals surface area contributed by atoms with E-state index in [1.807, 2.05) is 0 Å². The van der Waals surface area contributed by atoms with Gasteiger partial charge in [0.05, 0.1) is 5.69 Å². The van der Waals surface area contributed by atoms with E-state index in [-0.39, 0.29) is 0 Å². The molecule has 0 radical (unpaired) electrons. The highest BCUT2D eigenvalue weighted by molar-refractivity contribution is 5.75. The van der Waals surface area contributed by atoms with Gasteiger partial charge in [0.2, 0.25) is 0 Å². The highest BCUT2D eigenvalue weighted by atomic mass is 19.2. The lowest BCUT2D eigenvalue weighted by Crippen LogP contribution is -1.89. The third-order valence-electron chi connectivity index (χ3n) is 1.46. The second-order valence-corrected chi connectivity index (χ2v) is 2.79. The highest BCUT2D eigenvalue weighted by Crippen LogP contribution is 2.15. The molecule has 0 saturated carbocycles. The maximum Gasteiger partial charge on any atom is 0.160 e. The van der Waals surface area contributed by atoms with Crippen LogP contribution in [0.25, 0.3) is 0 Å². The van der Waals surface area contributed by atoms with Gasteiger partial charge in [-0.25, -0.2) is 8.78 Å². The molecule has 0 atom stereocenters. The van der Waals surface area contributed by atoms with Crippen molar-refractivity contribution in [1.82, 2.24) is 0 Å². The lowest BCUT2D eigenvalue weighted by Gasteiger charge is -1.94. The SMILES string of the molecule is CC(N)=CC=Nc1ccc(F)c(F)c1. The molecule has 0 aliphatic rings. The fourth-order valence-corrected chi connectivity index (χ4v) is 0.806. The van der Waals surface area contributed by atoms with Crippen LogP contribution < -0.4 is 5.73 Å². The van der Waals surface area contributed by atoms with Crippen LogP contribution in [-0.2, 0) is 0 Å². The van der Waals surface area contributed by atoms with E-state index in [4.69, 9.17) is 5.73 Å². The summed E-state index contributed by atoms with van der Waals surface area (Å²) in [5, 5.41) is 0. The molecule has 74 valence electrons. The van der Waals surface area contributed by atoms with E-state index in [1.54, 1.807) is 13.0 Å². The molecule has 0 saturated heterocycles. The Morgan fingerprint density at radius 3 is 2.64 bits per heavy atom. The maximum absolute atomic E-state index is 12.7. The van der Waals surface area contributed by atoms with Crippen molar-refractivity contribution in [2.24, 2.45) is 10.7 Å². The first kappa shape index (κ1) is 10.4. The van der Waals surface area contributed by atoms with Gasteiger partial charge in [-0.3, -0.25) is 4.99 Å². The molecule has 0 aliphatic carbocycles. The van der Waals surface area contributed by atoms with Crippen molar-refractivity contribution >= 4 is 11.9 Å². The Morgan fingerprint density at radius 2 is 2.07 bits per heavy atom. The summed E-state index contributed by atoms with van der Waals surface area (Å²) >= 11 is 0. The molecule has 1 rings (SSSR count). The maximum atomic E-state index is 12.7. The third-order valence-corrected chi connectivity index (χ3v) is 1.46. The summed E-state index contributed by atoms with van der Waals surface area (Å²) in [6.45, 7) is 1.71. The van der Waals surface area contributed by atoms with Crippen LogP contribution in [0.2, 0.25) is 0 Å². The summed E-state index contributed by atoms with van der Waals surface area (Å²) in [7, 11) is 0. The molecule has 0 unspecified atom stereocenters. The van der Waals surface area contributed by atoms with Crippen molar-refractivity contribution in [3.63, 3.8) is 0 Å². The first-order valence-electron chi connectivity index (χ1n) is 4.01. The van der Waals surface area contributed by atoms with E-state index >= 15 is 0 Å². The van der Waals surface area contributed by atoms with Gasteiger partial charge in [-0.05, 0) is 25.1 Å². The number of hydrogen-bond donors (Lipinski definition) is 1. The number of allylic oxidation sites excluding steroid dienone is 2. The number of benzene rings is 1. The molecule has 0 spiro atoms. The minimum Gasteiger partial charge on any atom is -0.402 e. The van der Waals surface area contributed by atoms with E-state index in [0.717, 1.165) is 12.1 Å². The van der Waals surface area contributed by atoms with Gasteiger partial charge >= 0.3 is 0 Å². The predicted octanol–water partition coefficient (Wildman–Crippen LogP) is 2.53. The summed E-state index contributed by atoms with van der Waals surface area (Å²) in [4.78, 5) is 3.86. The summed E-state index contributed by atoms with van der Waals surface area (Å²) in [5.41, 5.74) is 6.29. The number of rotatable bonds is 2. The first-order chi connectivity index (χ1) is 6.59. The number of nitrogens with zero attached hydrogens (tertiary/aromatic N) is 1. The molecular formula is C10H10F2N2. The van der Waals surface area contributed by atoms with Gasteiger partial charge in [-0.15, -0.1) is 0 Å². The molecule has 0 aliphatic heterocycles. The lowest BCUT2D eigenvalue weighted by atomic mass is 10.3.